The SMILES string of the molecule is NCCc1nc(CC2CCCSC2)no1. The van der Waals surface area contributed by atoms with Crippen LogP contribution in [0.1, 0.15) is 24.6 Å². The second kappa shape index (κ2) is 5.51. The van der Waals surface area contributed by atoms with E-state index in [-0.39, 0.29) is 0 Å². The van der Waals surface area contributed by atoms with Gasteiger partial charge in [-0.15, -0.1) is 0 Å². The van der Waals surface area contributed by atoms with Crippen LogP contribution >= 0.6 is 11.8 Å². The molecule has 1 atom stereocenters. The van der Waals surface area contributed by atoms with Gasteiger partial charge in [0.2, 0.25) is 5.89 Å². The highest BCUT2D eigenvalue weighted by Gasteiger charge is 2.17. The zero-order valence-corrected chi connectivity index (χ0v) is 9.63. The van der Waals surface area contributed by atoms with Gasteiger partial charge in [-0.05, 0) is 30.3 Å². The van der Waals surface area contributed by atoms with Gasteiger partial charge >= 0.3 is 0 Å². The highest BCUT2D eigenvalue weighted by atomic mass is 32.2. The van der Waals surface area contributed by atoms with Crippen LogP contribution in [0.5, 0.6) is 0 Å². The predicted molar refractivity (Wildman–Crippen MR) is 60.8 cm³/mol. The molecule has 1 fully saturated rings. The average Bonchev–Trinajstić information content (AvgIpc) is 2.68. The van der Waals surface area contributed by atoms with Gasteiger partial charge in [0.25, 0.3) is 0 Å². The topological polar surface area (TPSA) is 64.9 Å². The lowest BCUT2D eigenvalue weighted by atomic mass is 10.0. The second-order valence-corrected chi connectivity index (χ2v) is 5.08. The van der Waals surface area contributed by atoms with E-state index in [1.165, 1.54) is 24.3 Å². The molecule has 1 unspecified atom stereocenters. The molecule has 1 aliphatic rings. The summed E-state index contributed by atoms with van der Waals surface area (Å²) in [7, 11) is 0. The molecule has 1 aliphatic heterocycles. The smallest absolute Gasteiger partial charge is 0.227 e. The Morgan fingerprint density at radius 1 is 1.53 bits per heavy atom. The maximum Gasteiger partial charge on any atom is 0.227 e. The molecule has 2 N–H and O–H groups in total. The molecule has 2 rings (SSSR count). The minimum atomic E-state index is 0.570. The summed E-state index contributed by atoms with van der Waals surface area (Å²) in [5.74, 6) is 4.80. The van der Waals surface area contributed by atoms with E-state index >= 15 is 0 Å². The van der Waals surface area contributed by atoms with Gasteiger partial charge in [0, 0.05) is 19.4 Å². The molecule has 0 aromatic carbocycles. The third-order valence-corrected chi connectivity index (χ3v) is 3.88. The van der Waals surface area contributed by atoms with E-state index in [0.717, 1.165) is 18.2 Å². The molecule has 1 saturated heterocycles. The normalized spacial score (nSPS) is 21.8. The van der Waals surface area contributed by atoms with E-state index in [2.05, 4.69) is 10.1 Å². The Labute approximate surface area is 94.0 Å². The van der Waals surface area contributed by atoms with Crippen LogP contribution in [0.2, 0.25) is 0 Å². The first-order valence-electron chi connectivity index (χ1n) is 5.47. The van der Waals surface area contributed by atoms with E-state index in [9.17, 15) is 0 Å². The Bertz CT molecular complexity index is 297. The molecule has 0 saturated carbocycles. The highest BCUT2D eigenvalue weighted by molar-refractivity contribution is 7.99. The Balaban J connectivity index is 1.86. The lowest BCUT2D eigenvalue weighted by Gasteiger charge is -2.19. The summed E-state index contributed by atoms with van der Waals surface area (Å²) < 4.78 is 5.10. The van der Waals surface area contributed by atoms with E-state index in [1.807, 2.05) is 11.8 Å². The summed E-state index contributed by atoms with van der Waals surface area (Å²) in [5, 5.41) is 3.98. The van der Waals surface area contributed by atoms with E-state index < -0.39 is 0 Å². The molecular weight excluding hydrogens is 210 g/mol. The van der Waals surface area contributed by atoms with Crippen molar-refractivity contribution >= 4 is 11.8 Å². The van der Waals surface area contributed by atoms with Crippen molar-refractivity contribution in [3.8, 4) is 0 Å². The average molecular weight is 227 g/mol. The summed E-state index contributed by atoms with van der Waals surface area (Å²) in [6, 6.07) is 0. The molecule has 84 valence electrons. The largest absolute Gasteiger partial charge is 0.339 e. The quantitative estimate of drug-likeness (QED) is 0.838. The van der Waals surface area contributed by atoms with Crippen molar-refractivity contribution in [2.24, 2.45) is 11.7 Å². The van der Waals surface area contributed by atoms with Gasteiger partial charge in [0.1, 0.15) is 0 Å². The first-order chi connectivity index (χ1) is 7.38. The fraction of sp³-hybridized carbons (Fsp3) is 0.800. The van der Waals surface area contributed by atoms with Crippen LogP contribution in [-0.2, 0) is 12.8 Å². The Kier molecular flexibility index (Phi) is 4.02. The first-order valence-corrected chi connectivity index (χ1v) is 6.63. The van der Waals surface area contributed by atoms with E-state index in [4.69, 9.17) is 10.3 Å². The van der Waals surface area contributed by atoms with Crippen LogP contribution in [0.3, 0.4) is 0 Å². The molecule has 1 aromatic heterocycles. The molecule has 15 heavy (non-hydrogen) atoms. The van der Waals surface area contributed by atoms with Crippen molar-refractivity contribution in [3.63, 3.8) is 0 Å². The van der Waals surface area contributed by atoms with Gasteiger partial charge < -0.3 is 10.3 Å². The molecule has 0 radical (unpaired) electrons. The van der Waals surface area contributed by atoms with E-state index in [0.29, 0.717) is 18.9 Å². The maximum absolute atomic E-state index is 5.42. The number of nitrogens with two attached hydrogens (primary N) is 1. The van der Waals surface area contributed by atoms with Crippen LogP contribution in [0.15, 0.2) is 4.52 Å². The van der Waals surface area contributed by atoms with Gasteiger partial charge in [0.05, 0.1) is 0 Å². The summed E-state index contributed by atoms with van der Waals surface area (Å²) in [4.78, 5) is 4.33. The predicted octanol–water partition coefficient (Wildman–Crippen LogP) is 1.26. The van der Waals surface area contributed by atoms with Gasteiger partial charge in [-0.3, -0.25) is 0 Å². The zero-order valence-electron chi connectivity index (χ0n) is 8.82. The van der Waals surface area contributed by atoms with Crippen LogP contribution in [-0.4, -0.2) is 28.2 Å². The minimum absolute atomic E-state index is 0.570. The van der Waals surface area contributed by atoms with Crippen molar-refractivity contribution in [2.75, 3.05) is 18.1 Å². The van der Waals surface area contributed by atoms with Crippen LogP contribution < -0.4 is 5.73 Å². The molecular formula is C10H17N3OS. The molecule has 0 amide bonds. The van der Waals surface area contributed by atoms with Crippen molar-refractivity contribution in [1.82, 2.24) is 10.1 Å². The van der Waals surface area contributed by atoms with Crippen molar-refractivity contribution < 1.29 is 4.52 Å². The van der Waals surface area contributed by atoms with E-state index in [1.54, 1.807) is 0 Å². The van der Waals surface area contributed by atoms with Crippen LogP contribution in [0, 0.1) is 5.92 Å². The van der Waals surface area contributed by atoms with Gasteiger partial charge in [-0.1, -0.05) is 5.16 Å². The molecule has 0 bridgehead atoms. The van der Waals surface area contributed by atoms with Crippen LogP contribution in [0.4, 0.5) is 0 Å². The minimum Gasteiger partial charge on any atom is -0.339 e. The third-order valence-electron chi connectivity index (χ3n) is 2.59. The van der Waals surface area contributed by atoms with Gasteiger partial charge in [-0.2, -0.15) is 16.7 Å². The number of rotatable bonds is 4. The van der Waals surface area contributed by atoms with Gasteiger partial charge in [0.15, 0.2) is 5.82 Å². The lowest BCUT2D eigenvalue weighted by Crippen LogP contribution is -2.14. The highest BCUT2D eigenvalue weighted by Crippen LogP contribution is 2.24. The van der Waals surface area contributed by atoms with Gasteiger partial charge in [-0.25, -0.2) is 0 Å². The third kappa shape index (κ3) is 3.21. The summed E-state index contributed by atoms with van der Waals surface area (Å²) >= 11 is 2.03. The first kappa shape index (κ1) is 11.0. The number of hydrogen-bond donors (Lipinski definition) is 1. The van der Waals surface area contributed by atoms with Crippen molar-refractivity contribution in [2.45, 2.75) is 25.7 Å². The number of nitrogens with zero attached hydrogens (tertiary/aromatic N) is 2. The second-order valence-electron chi connectivity index (χ2n) is 3.93. The number of aromatic nitrogens is 2. The Morgan fingerprint density at radius 3 is 3.20 bits per heavy atom. The number of thioether (sulfide) groups is 1. The summed E-state index contributed by atoms with van der Waals surface area (Å²) in [6.07, 6.45) is 4.27. The Hall–Kier alpha value is -0.550. The molecule has 2 heterocycles. The zero-order chi connectivity index (χ0) is 10.5. The fourth-order valence-corrected chi connectivity index (χ4v) is 2.98. The molecule has 4 nitrogen and oxygen atoms in total. The van der Waals surface area contributed by atoms with Crippen molar-refractivity contribution in [3.05, 3.63) is 11.7 Å². The maximum atomic E-state index is 5.42. The molecule has 1 aromatic rings. The lowest BCUT2D eigenvalue weighted by molar-refractivity contribution is 0.370. The molecule has 0 spiro atoms. The van der Waals surface area contributed by atoms with Crippen LogP contribution in [0.25, 0.3) is 0 Å². The molecule has 0 aliphatic carbocycles. The van der Waals surface area contributed by atoms with Crippen molar-refractivity contribution in [1.29, 1.82) is 0 Å². The Morgan fingerprint density at radius 2 is 2.47 bits per heavy atom. The monoisotopic (exact) mass is 227 g/mol. The number of hydrogen-bond acceptors (Lipinski definition) is 5. The standard InChI is InChI=1S/C10H17N3OS/c11-4-3-10-12-9(13-14-10)6-8-2-1-5-15-7-8/h8H,1-7,11H2. The summed E-state index contributed by atoms with van der Waals surface area (Å²) in [5.41, 5.74) is 5.42. The summed E-state index contributed by atoms with van der Waals surface area (Å²) in [6.45, 7) is 0.570. The fourth-order valence-electron chi connectivity index (χ4n) is 1.82. The molecule has 5 heteroatoms.